The number of aromatic nitrogens is 1. The number of carbonyl (C=O) groups excluding carboxylic acids is 1. The van der Waals surface area contributed by atoms with Gasteiger partial charge in [-0.1, -0.05) is 22.0 Å². The number of halogens is 1. The number of amides is 1. The molecule has 2 heterocycles. The Hall–Kier alpha value is -2.12. The van der Waals surface area contributed by atoms with Gasteiger partial charge >= 0.3 is 0 Å². The zero-order valence-corrected chi connectivity index (χ0v) is 16.2. The molecule has 7 heteroatoms. The van der Waals surface area contributed by atoms with Crippen molar-refractivity contribution in [2.75, 3.05) is 0 Å². The van der Waals surface area contributed by atoms with E-state index in [2.05, 4.69) is 26.2 Å². The van der Waals surface area contributed by atoms with Gasteiger partial charge in [0, 0.05) is 16.0 Å². The number of ether oxygens (including phenoxy) is 1. The van der Waals surface area contributed by atoms with Gasteiger partial charge in [-0.05, 0) is 44.2 Å². The monoisotopic (exact) mass is 420 g/mol. The van der Waals surface area contributed by atoms with Crippen LogP contribution in [0.4, 0.5) is 0 Å². The summed E-state index contributed by atoms with van der Waals surface area (Å²) in [4.78, 5) is 16.7. The van der Waals surface area contributed by atoms with Gasteiger partial charge in [0.05, 0.1) is 5.54 Å². The molecule has 0 aliphatic heterocycles. The molecule has 0 atom stereocenters. The van der Waals surface area contributed by atoms with Crippen LogP contribution in [0.5, 0.6) is 5.75 Å². The quantitative estimate of drug-likeness (QED) is 0.625. The third-order valence-electron chi connectivity index (χ3n) is 3.46. The summed E-state index contributed by atoms with van der Waals surface area (Å²) in [7, 11) is 0. The van der Waals surface area contributed by atoms with Gasteiger partial charge in [0.25, 0.3) is 5.91 Å². The number of benzene rings is 1. The SMILES string of the molecule is CC(C)(NC(=O)c1ccc(COc2cccc(Br)c2)o1)c1nccs1. The van der Waals surface area contributed by atoms with E-state index < -0.39 is 5.54 Å². The molecule has 0 unspecified atom stereocenters. The van der Waals surface area contributed by atoms with E-state index in [9.17, 15) is 4.79 Å². The Morgan fingerprint density at radius 2 is 2.20 bits per heavy atom. The number of nitrogens with zero attached hydrogens (tertiary/aromatic N) is 1. The molecule has 130 valence electrons. The van der Waals surface area contributed by atoms with Gasteiger partial charge in [-0.2, -0.15) is 0 Å². The van der Waals surface area contributed by atoms with Crippen LogP contribution in [0.25, 0.3) is 0 Å². The molecule has 0 aliphatic rings. The average molecular weight is 421 g/mol. The average Bonchev–Trinajstić information content (AvgIpc) is 3.25. The molecule has 2 aromatic heterocycles. The second kappa shape index (κ2) is 7.41. The Labute approximate surface area is 158 Å². The van der Waals surface area contributed by atoms with Gasteiger partial charge in [-0.25, -0.2) is 4.98 Å². The van der Waals surface area contributed by atoms with E-state index in [1.807, 2.05) is 43.5 Å². The second-order valence-electron chi connectivity index (χ2n) is 5.93. The van der Waals surface area contributed by atoms with Gasteiger partial charge in [0.2, 0.25) is 0 Å². The molecule has 25 heavy (non-hydrogen) atoms. The molecule has 0 spiro atoms. The highest BCUT2D eigenvalue weighted by Gasteiger charge is 2.27. The second-order valence-corrected chi connectivity index (χ2v) is 7.74. The van der Waals surface area contributed by atoms with Crippen LogP contribution >= 0.6 is 27.3 Å². The Bertz CT molecular complexity index is 859. The molecule has 1 amide bonds. The van der Waals surface area contributed by atoms with Crippen molar-refractivity contribution in [3.05, 3.63) is 69.0 Å². The number of hydrogen-bond acceptors (Lipinski definition) is 5. The normalized spacial score (nSPS) is 11.3. The zero-order valence-electron chi connectivity index (χ0n) is 13.8. The van der Waals surface area contributed by atoms with Crippen LogP contribution in [-0.4, -0.2) is 10.9 Å². The van der Waals surface area contributed by atoms with Crippen LogP contribution in [0.1, 0.15) is 35.2 Å². The summed E-state index contributed by atoms with van der Waals surface area (Å²) in [6.07, 6.45) is 1.72. The van der Waals surface area contributed by atoms with Crippen molar-refractivity contribution in [2.24, 2.45) is 0 Å². The minimum atomic E-state index is -0.564. The van der Waals surface area contributed by atoms with Crippen molar-refractivity contribution in [1.29, 1.82) is 0 Å². The lowest BCUT2D eigenvalue weighted by atomic mass is 10.1. The van der Waals surface area contributed by atoms with E-state index in [-0.39, 0.29) is 18.3 Å². The number of thiazole rings is 1. The number of carbonyl (C=O) groups is 1. The molecule has 0 radical (unpaired) electrons. The summed E-state index contributed by atoms with van der Waals surface area (Å²) in [6, 6.07) is 10.9. The van der Waals surface area contributed by atoms with Crippen LogP contribution < -0.4 is 10.1 Å². The predicted molar refractivity (Wildman–Crippen MR) is 99.8 cm³/mol. The van der Waals surface area contributed by atoms with E-state index in [0.29, 0.717) is 5.76 Å². The molecule has 0 aliphatic carbocycles. The molecule has 0 saturated heterocycles. The topological polar surface area (TPSA) is 64.4 Å². The van der Waals surface area contributed by atoms with Gasteiger partial charge in [0.15, 0.2) is 5.76 Å². The number of hydrogen-bond donors (Lipinski definition) is 1. The van der Waals surface area contributed by atoms with Crippen LogP contribution in [-0.2, 0) is 12.1 Å². The molecule has 3 rings (SSSR count). The maximum absolute atomic E-state index is 12.4. The minimum absolute atomic E-state index is 0.248. The summed E-state index contributed by atoms with van der Waals surface area (Å²) in [5.41, 5.74) is -0.564. The fraction of sp³-hybridized carbons (Fsp3) is 0.222. The fourth-order valence-electron chi connectivity index (χ4n) is 2.22. The highest BCUT2D eigenvalue weighted by atomic mass is 79.9. The van der Waals surface area contributed by atoms with Crippen LogP contribution in [0.2, 0.25) is 0 Å². The van der Waals surface area contributed by atoms with E-state index in [0.717, 1.165) is 15.2 Å². The van der Waals surface area contributed by atoms with Crippen molar-refractivity contribution >= 4 is 33.2 Å². The molecule has 0 saturated carbocycles. The third-order valence-corrected chi connectivity index (χ3v) is 5.05. The molecule has 0 bridgehead atoms. The van der Waals surface area contributed by atoms with Crippen molar-refractivity contribution in [1.82, 2.24) is 10.3 Å². The van der Waals surface area contributed by atoms with E-state index in [1.165, 1.54) is 11.3 Å². The maximum atomic E-state index is 12.4. The van der Waals surface area contributed by atoms with Gasteiger partial charge in [-0.15, -0.1) is 11.3 Å². The van der Waals surface area contributed by atoms with E-state index in [1.54, 1.807) is 18.3 Å². The molecule has 1 aromatic carbocycles. The standard InChI is InChI=1S/C18H17BrN2O3S/c1-18(2,17-20-8-9-25-17)21-16(22)15-7-6-14(24-15)11-23-13-5-3-4-12(19)10-13/h3-10H,11H2,1-2H3,(H,21,22). The van der Waals surface area contributed by atoms with Crippen molar-refractivity contribution in [3.8, 4) is 5.75 Å². The summed E-state index contributed by atoms with van der Waals surface area (Å²) < 4.78 is 12.2. The maximum Gasteiger partial charge on any atom is 0.287 e. The molecular formula is C18H17BrN2O3S. The Kier molecular flexibility index (Phi) is 5.24. The van der Waals surface area contributed by atoms with Gasteiger partial charge in [-0.3, -0.25) is 4.79 Å². The fourth-order valence-corrected chi connectivity index (χ4v) is 3.32. The summed E-state index contributed by atoms with van der Waals surface area (Å²) in [6.45, 7) is 4.06. The van der Waals surface area contributed by atoms with Crippen molar-refractivity contribution in [3.63, 3.8) is 0 Å². The highest BCUT2D eigenvalue weighted by Crippen LogP contribution is 2.23. The first kappa shape index (κ1) is 17.7. The lowest BCUT2D eigenvalue weighted by molar-refractivity contribution is 0.0879. The first-order valence-electron chi connectivity index (χ1n) is 7.63. The molecular weight excluding hydrogens is 404 g/mol. The molecule has 0 fully saturated rings. The van der Waals surface area contributed by atoms with Crippen molar-refractivity contribution in [2.45, 2.75) is 26.0 Å². The smallest absolute Gasteiger partial charge is 0.287 e. The molecule has 1 N–H and O–H groups in total. The highest BCUT2D eigenvalue weighted by molar-refractivity contribution is 9.10. The Morgan fingerprint density at radius 3 is 2.92 bits per heavy atom. The first-order valence-corrected chi connectivity index (χ1v) is 9.31. The lowest BCUT2D eigenvalue weighted by Crippen LogP contribution is -2.40. The Balaban J connectivity index is 1.62. The molecule has 5 nitrogen and oxygen atoms in total. The summed E-state index contributed by atoms with van der Waals surface area (Å²) in [5, 5.41) is 5.66. The van der Waals surface area contributed by atoms with E-state index in [4.69, 9.17) is 9.15 Å². The number of nitrogens with one attached hydrogen (secondary N) is 1. The summed E-state index contributed by atoms with van der Waals surface area (Å²) in [5.74, 6) is 1.27. The van der Waals surface area contributed by atoms with Gasteiger partial charge < -0.3 is 14.5 Å². The molecule has 3 aromatic rings. The lowest BCUT2D eigenvalue weighted by Gasteiger charge is -2.23. The Morgan fingerprint density at radius 1 is 1.36 bits per heavy atom. The van der Waals surface area contributed by atoms with Crippen LogP contribution in [0.3, 0.4) is 0 Å². The minimum Gasteiger partial charge on any atom is -0.486 e. The summed E-state index contributed by atoms with van der Waals surface area (Å²) >= 11 is 4.89. The van der Waals surface area contributed by atoms with Crippen molar-refractivity contribution < 1.29 is 13.9 Å². The van der Waals surface area contributed by atoms with Gasteiger partial charge in [0.1, 0.15) is 23.1 Å². The van der Waals surface area contributed by atoms with E-state index >= 15 is 0 Å². The number of furan rings is 1. The predicted octanol–water partition coefficient (Wildman–Crippen LogP) is 4.74. The first-order chi connectivity index (χ1) is 11.9. The number of rotatable bonds is 6. The van der Waals surface area contributed by atoms with Crippen LogP contribution in [0, 0.1) is 0 Å². The largest absolute Gasteiger partial charge is 0.486 e. The third kappa shape index (κ3) is 4.49. The zero-order chi connectivity index (χ0) is 17.9. The van der Waals surface area contributed by atoms with Crippen LogP contribution in [0.15, 0.2) is 56.9 Å².